The van der Waals surface area contributed by atoms with Gasteiger partial charge in [-0.25, -0.2) is 14.3 Å². The zero-order valence-corrected chi connectivity index (χ0v) is 19.2. The van der Waals surface area contributed by atoms with Gasteiger partial charge in [-0.2, -0.15) is 5.10 Å². The van der Waals surface area contributed by atoms with Crippen molar-refractivity contribution >= 4 is 11.9 Å². The molecule has 0 aliphatic heterocycles. The van der Waals surface area contributed by atoms with Gasteiger partial charge in [-0.15, -0.1) is 0 Å². The van der Waals surface area contributed by atoms with Crippen LogP contribution in [0.15, 0.2) is 59.1 Å². The smallest absolute Gasteiger partial charge is 0.357 e. The first kappa shape index (κ1) is 22.8. The van der Waals surface area contributed by atoms with E-state index in [-0.39, 0.29) is 23.6 Å². The van der Waals surface area contributed by atoms with Crippen LogP contribution in [0.5, 0.6) is 5.75 Å². The summed E-state index contributed by atoms with van der Waals surface area (Å²) in [6, 6.07) is 16.1. The normalized spacial score (nSPS) is 10.7. The Morgan fingerprint density at radius 3 is 2.26 bits per heavy atom. The Bertz CT molecular complexity index is 1320. The molecule has 0 unspecified atom stereocenters. The standard InChI is InChI=1S/C25H23N3O6/c1-15-19(16(2)34-27-15)14-33-20-13-9-8-12-18(20)22-21(24(29)31-3)23(25(30)32-4)28(26-22)17-10-6-5-7-11-17/h5-13H,14H2,1-4H3. The molecule has 0 bridgehead atoms. The molecule has 0 amide bonds. The van der Waals surface area contributed by atoms with Crippen LogP contribution < -0.4 is 4.74 Å². The molecule has 0 aliphatic carbocycles. The number of aryl methyl sites for hydroxylation is 2. The van der Waals surface area contributed by atoms with Gasteiger partial charge in [0.1, 0.15) is 29.4 Å². The van der Waals surface area contributed by atoms with Gasteiger partial charge in [0.05, 0.1) is 31.2 Å². The van der Waals surface area contributed by atoms with Gasteiger partial charge in [0, 0.05) is 5.56 Å². The quantitative estimate of drug-likeness (QED) is 0.375. The van der Waals surface area contributed by atoms with Crippen LogP contribution in [0.25, 0.3) is 16.9 Å². The number of aromatic nitrogens is 3. The average Bonchev–Trinajstić information content (AvgIpc) is 3.42. The van der Waals surface area contributed by atoms with Gasteiger partial charge in [0.25, 0.3) is 0 Å². The summed E-state index contributed by atoms with van der Waals surface area (Å²) < 4.78 is 22.7. The Morgan fingerprint density at radius 1 is 0.941 bits per heavy atom. The molecule has 34 heavy (non-hydrogen) atoms. The number of carbonyl (C=O) groups is 2. The van der Waals surface area contributed by atoms with E-state index in [2.05, 4.69) is 10.3 Å². The molecule has 2 aromatic carbocycles. The highest BCUT2D eigenvalue weighted by atomic mass is 16.5. The summed E-state index contributed by atoms with van der Waals surface area (Å²) in [5.74, 6) is -0.330. The highest BCUT2D eigenvalue weighted by Gasteiger charge is 2.32. The Kier molecular flexibility index (Phi) is 6.44. The Morgan fingerprint density at radius 2 is 1.62 bits per heavy atom. The summed E-state index contributed by atoms with van der Waals surface area (Å²) in [5, 5.41) is 8.59. The summed E-state index contributed by atoms with van der Waals surface area (Å²) in [7, 11) is 2.49. The summed E-state index contributed by atoms with van der Waals surface area (Å²) in [5.41, 5.74) is 2.80. The monoisotopic (exact) mass is 461 g/mol. The number of hydrogen-bond donors (Lipinski definition) is 0. The van der Waals surface area contributed by atoms with Crippen LogP contribution in [0, 0.1) is 13.8 Å². The van der Waals surface area contributed by atoms with Gasteiger partial charge in [0.2, 0.25) is 0 Å². The molecule has 0 saturated carbocycles. The molecule has 0 spiro atoms. The fourth-order valence-corrected chi connectivity index (χ4v) is 3.59. The van der Waals surface area contributed by atoms with E-state index in [1.807, 2.05) is 19.9 Å². The van der Waals surface area contributed by atoms with E-state index in [1.54, 1.807) is 48.5 Å². The molecule has 174 valence electrons. The molecule has 0 atom stereocenters. The van der Waals surface area contributed by atoms with E-state index in [9.17, 15) is 9.59 Å². The summed E-state index contributed by atoms with van der Waals surface area (Å²) in [4.78, 5) is 25.7. The lowest BCUT2D eigenvalue weighted by atomic mass is 10.0. The van der Waals surface area contributed by atoms with Crippen LogP contribution in [0.4, 0.5) is 0 Å². The van der Waals surface area contributed by atoms with E-state index in [0.717, 1.165) is 11.3 Å². The molecule has 0 saturated heterocycles. The SMILES string of the molecule is COC(=O)c1c(-c2ccccc2OCc2c(C)noc2C)nn(-c2ccccc2)c1C(=O)OC. The molecule has 4 aromatic rings. The van der Waals surface area contributed by atoms with Gasteiger partial charge in [-0.3, -0.25) is 0 Å². The van der Waals surface area contributed by atoms with E-state index >= 15 is 0 Å². The highest BCUT2D eigenvalue weighted by Crippen LogP contribution is 2.35. The Labute approximate surface area is 195 Å². The maximum absolute atomic E-state index is 12.9. The molecule has 2 heterocycles. The van der Waals surface area contributed by atoms with Crippen LogP contribution in [0.1, 0.15) is 37.9 Å². The zero-order valence-electron chi connectivity index (χ0n) is 19.2. The number of carbonyl (C=O) groups excluding carboxylic acids is 2. The Hall–Kier alpha value is -4.40. The molecule has 9 nitrogen and oxygen atoms in total. The van der Waals surface area contributed by atoms with Crippen molar-refractivity contribution < 1.29 is 28.3 Å². The van der Waals surface area contributed by atoms with Gasteiger partial charge in [-0.1, -0.05) is 35.5 Å². The second-order valence-electron chi connectivity index (χ2n) is 7.39. The van der Waals surface area contributed by atoms with Crippen LogP contribution in [0.3, 0.4) is 0 Å². The Balaban J connectivity index is 1.89. The predicted molar refractivity (Wildman–Crippen MR) is 122 cm³/mol. The number of esters is 2. The lowest BCUT2D eigenvalue weighted by molar-refractivity contribution is 0.0549. The third-order valence-corrected chi connectivity index (χ3v) is 5.35. The minimum absolute atomic E-state index is 0.0217. The van der Waals surface area contributed by atoms with Crippen molar-refractivity contribution in [1.29, 1.82) is 0 Å². The average molecular weight is 461 g/mol. The van der Waals surface area contributed by atoms with Gasteiger partial charge in [-0.05, 0) is 38.1 Å². The number of ether oxygens (including phenoxy) is 3. The topological polar surface area (TPSA) is 106 Å². The summed E-state index contributed by atoms with van der Waals surface area (Å²) in [6.07, 6.45) is 0. The molecule has 9 heteroatoms. The molecule has 2 aromatic heterocycles. The van der Waals surface area contributed by atoms with Crippen LogP contribution >= 0.6 is 0 Å². The molecule has 0 aliphatic rings. The number of para-hydroxylation sites is 2. The lowest BCUT2D eigenvalue weighted by Gasteiger charge is -2.11. The second-order valence-corrected chi connectivity index (χ2v) is 7.39. The summed E-state index contributed by atoms with van der Waals surface area (Å²) in [6.45, 7) is 3.85. The molecule has 0 fully saturated rings. The predicted octanol–water partition coefficient (Wildman–Crippen LogP) is 4.30. The van der Waals surface area contributed by atoms with Crippen molar-refractivity contribution in [3.63, 3.8) is 0 Å². The van der Waals surface area contributed by atoms with Crippen molar-refractivity contribution in [2.24, 2.45) is 0 Å². The maximum atomic E-state index is 12.9. The summed E-state index contributed by atoms with van der Waals surface area (Å²) >= 11 is 0. The second kappa shape index (κ2) is 9.62. The minimum Gasteiger partial charge on any atom is -0.488 e. The first-order valence-electron chi connectivity index (χ1n) is 10.4. The number of hydrogen-bond acceptors (Lipinski definition) is 8. The van der Waals surface area contributed by atoms with Gasteiger partial charge < -0.3 is 18.7 Å². The molecule has 0 N–H and O–H groups in total. The lowest BCUT2D eigenvalue weighted by Crippen LogP contribution is -2.15. The number of benzene rings is 2. The van der Waals surface area contributed by atoms with E-state index in [1.165, 1.54) is 18.9 Å². The van der Waals surface area contributed by atoms with E-state index < -0.39 is 11.9 Å². The molecular weight excluding hydrogens is 438 g/mol. The first-order chi connectivity index (χ1) is 16.5. The van der Waals surface area contributed by atoms with Crippen LogP contribution in [0.2, 0.25) is 0 Å². The van der Waals surface area contributed by atoms with Crippen LogP contribution in [-0.4, -0.2) is 41.1 Å². The molecule has 0 radical (unpaired) electrons. The largest absolute Gasteiger partial charge is 0.488 e. The number of methoxy groups -OCH3 is 2. The maximum Gasteiger partial charge on any atom is 0.357 e. The van der Waals surface area contributed by atoms with Crippen molar-refractivity contribution in [2.45, 2.75) is 20.5 Å². The third-order valence-electron chi connectivity index (χ3n) is 5.35. The van der Waals surface area contributed by atoms with Crippen LogP contribution in [-0.2, 0) is 16.1 Å². The number of nitrogens with zero attached hydrogens (tertiary/aromatic N) is 3. The molecule has 4 rings (SSSR count). The minimum atomic E-state index is -0.725. The fraction of sp³-hybridized carbons (Fsp3) is 0.200. The van der Waals surface area contributed by atoms with Gasteiger partial charge in [0.15, 0.2) is 5.69 Å². The van der Waals surface area contributed by atoms with Crippen molar-refractivity contribution in [3.8, 4) is 22.7 Å². The van der Waals surface area contributed by atoms with Crippen molar-refractivity contribution in [2.75, 3.05) is 14.2 Å². The van der Waals surface area contributed by atoms with Crippen molar-refractivity contribution in [3.05, 3.63) is 82.9 Å². The third kappa shape index (κ3) is 4.15. The first-order valence-corrected chi connectivity index (χ1v) is 10.4. The van der Waals surface area contributed by atoms with Crippen molar-refractivity contribution in [1.82, 2.24) is 14.9 Å². The zero-order chi connectivity index (χ0) is 24.2. The molecular formula is C25H23N3O6. The highest BCUT2D eigenvalue weighted by molar-refractivity contribution is 6.07. The van der Waals surface area contributed by atoms with Gasteiger partial charge >= 0.3 is 11.9 Å². The van der Waals surface area contributed by atoms with E-state index in [0.29, 0.717) is 22.8 Å². The fourth-order valence-electron chi connectivity index (χ4n) is 3.59. The van der Waals surface area contributed by atoms with E-state index in [4.69, 9.17) is 18.7 Å². The number of rotatable bonds is 7.